The molecule has 1 aliphatic carbocycles. The fourth-order valence-corrected chi connectivity index (χ4v) is 6.21. The molecule has 3 fully saturated rings. The van der Waals surface area contributed by atoms with Gasteiger partial charge in [0.05, 0.1) is 13.0 Å². The molecular formula is C30H25F5N4O5. The zero-order valence-electron chi connectivity index (χ0n) is 23.1. The number of rotatable bonds is 8. The van der Waals surface area contributed by atoms with E-state index in [1.54, 1.807) is 0 Å². The highest BCUT2D eigenvalue weighted by molar-refractivity contribution is 6.05. The van der Waals surface area contributed by atoms with Crippen molar-refractivity contribution in [3.8, 4) is 11.5 Å². The predicted octanol–water partition coefficient (Wildman–Crippen LogP) is 4.55. The number of fused-ring (bicyclic) bond motifs is 1. The van der Waals surface area contributed by atoms with E-state index in [1.165, 1.54) is 30.2 Å². The first-order valence-electron chi connectivity index (χ1n) is 13.8. The average Bonchev–Trinajstić information content (AvgIpc) is 3.55. The number of hydrogen-bond donors (Lipinski definition) is 1. The second kappa shape index (κ2) is 11.4. The van der Waals surface area contributed by atoms with Gasteiger partial charge in [-0.25, -0.2) is 18.2 Å². The summed E-state index contributed by atoms with van der Waals surface area (Å²) >= 11 is 0. The Bertz CT molecular complexity index is 1620. The molecule has 9 nitrogen and oxygen atoms in total. The number of carbonyl (C=O) groups is 3. The van der Waals surface area contributed by atoms with E-state index < -0.39 is 65.8 Å². The van der Waals surface area contributed by atoms with Gasteiger partial charge in [0.15, 0.2) is 11.6 Å². The van der Waals surface area contributed by atoms with Crippen LogP contribution in [0.1, 0.15) is 41.1 Å². The number of nitrogens with one attached hydrogen (secondary N) is 1. The molecule has 3 heterocycles. The summed E-state index contributed by atoms with van der Waals surface area (Å²) in [5.41, 5.74) is -0.614. The number of carbonyl (C=O) groups excluding carboxylic acids is 3. The van der Waals surface area contributed by atoms with Crippen LogP contribution in [0, 0.1) is 23.4 Å². The van der Waals surface area contributed by atoms with Crippen LogP contribution in [-0.2, 0) is 9.59 Å². The van der Waals surface area contributed by atoms with Crippen molar-refractivity contribution < 1.29 is 45.8 Å². The third kappa shape index (κ3) is 5.07. The molecule has 1 N–H and O–H groups in total. The molecule has 2 aliphatic heterocycles. The number of ether oxygens (including phenoxy) is 2. The molecule has 44 heavy (non-hydrogen) atoms. The number of benzene rings is 2. The van der Waals surface area contributed by atoms with E-state index in [0.29, 0.717) is 0 Å². The molecule has 2 aromatic carbocycles. The lowest BCUT2D eigenvalue weighted by atomic mass is 9.91. The number of methoxy groups -OCH3 is 1. The van der Waals surface area contributed by atoms with Gasteiger partial charge in [-0.1, -0.05) is 6.42 Å². The van der Waals surface area contributed by atoms with Gasteiger partial charge in [-0.05, 0) is 49.2 Å². The zero-order chi connectivity index (χ0) is 31.3. The van der Waals surface area contributed by atoms with Gasteiger partial charge >= 0.3 is 6.61 Å². The van der Waals surface area contributed by atoms with Crippen molar-refractivity contribution in [3.63, 3.8) is 0 Å². The Labute approximate surface area is 247 Å². The lowest BCUT2D eigenvalue weighted by Gasteiger charge is -2.42. The van der Waals surface area contributed by atoms with Crippen molar-refractivity contribution in [1.29, 1.82) is 0 Å². The number of hydrogen-bond acceptors (Lipinski definition) is 6. The maximum Gasteiger partial charge on any atom is 0.387 e. The molecule has 4 atom stereocenters. The van der Waals surface area contributed by atoms with Crippen LogP contribution in [0.2, 0.25) is 0 Å². The van der Waals surface area contributed by atoms with E-state index >= 15 is 13.2 Å². The monoisotopic (exact) mass is 616 g/mol. The van der Waals surface area contributed by atoms with Gasteiger partial charge in [-0.2, -0.15) is 8.78 Å². The molecule has 1 saturated carbocycles. The standard InChI is InChI=1S/C30H25F5N4O5/c1-43-16-11-20(32)24(21(33)12-16)18-13-38(26-19(31)9-10-23(36-26)39-22-4-2-3-17(22)28(39)41)29(42)25(18)37-27(40)14-5-7-15(8-6-14)44-30(34)35/h5-12,17-18,22,25,30H,2-4,13H2,1H3,(H,37,40)/t17?,18-,22?,25-/m0/s1. The summed E-state index contributed by atoms with van der Waals surface area (Å²) in [6, 6.07) is 7.10. The number of nitrogens with zero attached hydrogens (tertiary/aromatic N) is 3. The SMILES string of the molecule is COc1cc(F)c([C@@H]2CN(c3nc(N4C(=O)C5CCCC54)ccc3F)C(=O)[C@H]2NC(=O)c2ccc(OC(F)F)cc2)c(F)c1. The molecule has 3 aromatic rings. The van der Waals surface area contributed by atoms with E-state index in [1.807, 2.05) is 0 Å². The van der Waals surface area contributed by atoms with Crippen LogP contribution in [-0.4, -0.2) is 55.1 Å². The molecule has 0 bridgehead atoms. The Morgan fingerprint density at radius 3 is 2.30 bits per heavy atom. The second-order valence-corrected chi connectivity index (χ2v) is 10.7. The number of aromatic nitrogens is 1. The minimum absolute atomic E-state index is 0.0685. The second-order valence-electron chi connectivity index (χ2n) is 10.7. The lowest BCUT2D eigenvalue weighted by molar-refractivity contribution is -0.129. The third-order valence-corrected chi connectivity index (χ3v) is 8.28. The van der Waals surface area contributed by atoms with Crippen LogP contribution in [0.4, 0.5) is 33.6 Å². The fourth-order valence-electron chi connectivity index (χ4n) is 6.21. The normalized spacial score (nSPS) is 22.7. The van der Waals surface area contributed by atoms with Gasteiger partial charge in [-0.15, -0.1) is 0 Å². The first kappa shape index (κ1) is 29.3. The predicted molar refractivity (Wildman–Crippen MR) is 145 cm³/mol. The highest BCUT2D eigenvalue weighted by atomic mass is 19.3. The minimum Gasteiger partial charge on any atom is -0.497 e. The summed E-state index contributed by atoms with van der Waals surface area (Å²) in [7, 11) is 1.22. The van der Waals surface area contributed by atoms with Crippen LogP contribution in [0.25, 0.3) is 0 Å². The molecule has 0 radical (unpaired) electrons. The summed E-state index contributed by atoms with van der Waals surface area (Å²) in [4.78, 5) is 46.3. The summed E-state index contributed by atoms with van der Waals surface area (Å²) in [6.45, 7) is -3.56. The van der Waals surface area contributed by atoms with E-state index in [0.717, 1.165) is 54.5 Å². The highest BCUT2D eigenvalue weighted by Gasteiger charge is 2.51. The molecule has 230 valence electrons. The first-order valence-corrected chi connectivity index (χ1v) is 13.8. The Hall–Kier alpha value is -4.75. The quantitative estimate of drug-likeness (QED) is 0.295. The Morgan fingerprint density at radius 2 is 1.64 bits per heavy atom. The number of amides is 3. The van der Waals surface area contributed by atoms with Gasteiger partial charge < -0.3 is 14.8 Å². The van der Waals surface area contributed by atoms with Crippen molar-refractivity contribution in [3.05, 3.63) is 77.1 Å². The zero-order valence-corrected chi connectivity index (χ0v) is 23.1. The fraction of sp³-hybridized carbons (Fsp3) is 0.333. The molecule has 3 amide bonds. The van der Waals surface area contributed by atoms with Crippen LogP contribution < -0.4 is 24.6 Å². The smallest absolute Gasteiger partial charge is 0.387 e. The molecule has 3 aliphatic rings. The summed E-state index contributed by atoms with van der Waals surface area (Å²) in [6.07, 6.45) is 2.37. The summed E-state index contributed by atoms with van der Waals surface area (Å²) in [5.74, 6) is -7.12. The molecule has 6 rings (SSSR count). The van der Waals surface area contributed by atoms with Crippen molar-refractivity contribution in [1.82, 2.24) is 10.3 Å². The van der Waals surface area contributed by atoms with Crippen molar-refractivity contribution in [2.75, 3.05) is 23.5 Å². The van der Waals surface area contributed by atoms with Gasteiger partial charge in [-0.3, -0.25) is 24.2 Å². The Balaban J connectivity index is 1.34. The minimum atomic E-state index is -3.09. The molecule has 0 spiro atoms. The molecule has 14 heteroatoms. The molecule has 2 saturated heterocycles. The van der Waals surface area contributed by atoms with Crippen molar-refractivity contribution in [2.45, 2.75) is 43.9 Å². The highest BCUT2D eigenvalue weighted by Crippen LogP contribution is 2.43. The van der Waals surface area contributed by atoms with Crippen LogP contribution in [0.5, 0.6) is 11.5 Å². The largest absolute Gasteiger partial charge is 0.497 e. The number of pyridine rings is 1. The van der Waals surface area contributed by atoms with Crippen LogP contribution in [0.3, 0.4) is 0 Å². The van der Waals surface area contributed by atoms with Gasteiger partial charge in [0.25, 0.3) is 11.8 Å². The molecule has 1 aromatic heterocycles. The first-order chi connectivity index (χ1) is 21.1. The van der Waals surface area contributed by atoms with Crippen LogP contribution >= 0.6 is 0 Å². The van der Waals surface area contributed by atoms with Crippen molar-refractivity contribution in [2.24, 2.45) is 5.92 Å². The number of anilines is 2. The van der Waals surface area contributed by atoms with Gasteiger partial charge in [0.2, 0.25) is 5.91 Å². The maximum atomic E-state index is 15.3. The Kier molecular flexibility index (Phi) is 7.59. The third-order valence-electron chi connectivity index (χ3n) is 8.28. The maximum absolute atomic E-state index is 15.3. The molecular weight excluding hydrogens is 591 g/mol. The Morgan fingerprint density at radius 1 is 0.932 bits per heavy atom. The summed E-state index contributed by atoms with van der Waals surface area (Å²) in [5, 5.41) is 2.45. The molecule has 2 unspecified atom stereocenters. The van der Waals surface area contributed by atoms with Crippen LogP contribution in [0.15, 0.2) is 48.5 Å². The van der Waals surface area contributed by atoms with E-state index in [-0.39, 0.29) is 40.7 Å². The number of β-lactam (4-membered cyclic amide) rings is 1. The van der Waals surface area contributed by atoms with E-state index in [4.69, 9.17) is 4.74 Å². The average molecular weight is 617 g/mol. The topological polar surface area (TPSA) is 101 Å². The van der Waals surface area contributed by atoms with E-state index in [2.05, 4.69) is 15.0 Å². The van der Waals surface area contributed by atoms with Gasteiger partial charge in [0, 0.05) is 41.8 Å². The van der Waals surface area contributed by atoms with Gasteiger partial charge in [0.1, 0.15) is 35.0 Å². The van der Waals surface area contributed by atoms with E-state index in [9.17, 15) is 23.2 Å². The number of alkyl halides is 2. The van der Waals surface area contributed by atoms with Crippen molar-refractivity contribution >= 4 is 29.4 Å². The summed E-state index contributed by atoms with van der Waals surface area (Å²) < 4.78 is 80.0. The number of halogens is 5. The lowest BCUT2D eigenvalue weighted by Crippen LogP contribution is -2.59.